The molecule has 0 saturated heterocycles. The quantitative estimate of drug-likeness (QED) is 0.594. The third kappa shape index (κ3) is 4.48. The molecule has 0 fully saturated rings. The van der Waals surface area contributed by atoms with E-state index in [0.717, 1.165) is 0 Å². The summed E-state index contributed by atoms with van der Waals surface area (Å²) in [6.45, 7) is 0.115. The number of hydrogen-bond acceptors (Lipinski definition) is 2. The van der Waals surface area contributed by atoms with Gasteiger partial charge in [-0.2, -0.15) is 0 Å². The van der Waals surface area contributed by atoms with Gasteiger partial charge in [-0.05, 0) is 29.8 Å². The molecule has 4 nitrogen and oxygen atoms in total. The molecule has 0 aliphatic carbocycles. The Hall–Kier alpha value is -2.38. The van der Waals surface area contributed by atoms with Crippen molar-refractivity contribution in [3.8, 4) is 5.75 Å². The van der Waals surface area contributed by atoms with E-state index in [4.69, 9.17) is 28.3 Å². The number of benzene rings is 2. The molecule has 27 heavy (non-hydrogen) atoms. The molecule has 3 rings (SSSR count). The molecule has 1 heterocycles. The number of carboxylic acid groups (broad SMARTS) is 1. The lowest BCUT2D eigenvalue weighted by molar-refractivity contribution is -0.274. The van der Waals surface area contributed by atoms with Crippen LogP contribution in [0.1, 0.15) is 11.1 Å². The third-order valence-corrected chi connectivity index (χ3v) is 4.53. The van der Waals surface area contributed by atoms with Crippen LogP contribution in [0.2, 0.25) is 10.2 Å². The van der Waals surface area contributed by atoms with Gasteiger partial charge in [0.05, 0.1) is 11.9 Å². The second-order valence-electron chi connectivity index (χ2n) is 5.78. The zero-order valence-corrected chi connectivity index (χ0v) is 15.1. The molecule has 0 spiro atoms. The molecule has 0 aliphatic rings. The van der Waals surface area contributed by atoms with Gasteiger partial charge in [-0.15, -0.1) is 13.2 Å². The summed E-state index contributed by atoms with van der Waals surface area (Å²) >= 11 is 12.4. The molecule has 0 saturated carbocycles. The molecule has 1 aromatic heterocycles. The van der Waals surface area contributed by atoms with Gasteiger partial charge < -0.3 is 14.4 Å². The number of ether oxygens (including phenoxy) is 1. The molecule has 2 aromatic carbocycles. The molecular weight excluding hydrogens is 406 g/mol. The monoisotopic (exact) mass is 417 g/mol. The average molecular weight is 418 g/mol. The van der Waals surface area contributed by atoms with Crippen LogP contribution >= 0.6 is 23.2 Å². The Balaban J connectivity index is 2.04. The summed E-state index contributed by atoms with van der Waals surface area (Å²) in [5.41, 5.74) is 1.50. The summed E-state index contributed by atoms with van der Waals surface area (Å²) in [5, 5.41) is 10.4. The zero-order chi connectivity index (χ0) is 19.8. The fraction of sp³-hybridized carbons (Fsp3) is 0.167. The number of alkyl halides is 3. The number of fused-ring (bicyclic) bond motifs is 1. The van der Waals surface area contributed by atoms with Crippen molar-refractivity contribution in [3.05, 3.63) is 63.8 Å². The first-order chi connectivity index (χ1) is 12.6. The van der Waals surface area contributed by atoms with E-state index in [1.165, 1.54) is 18.2 Å². The van der Waals surface area contributed by atoms with E-state index in [-0.39, 0.29) is 23.9 Å². The van der Waals surface area contributed by atoms with Gasteiger partial charge >= 0.3 is 12.3 Å². The molecule has 0 radical (unpaired) electrons. The van der Waals surface area contributed by atoms with Crippen molar-refractivity contribution in [2.24, 2.45) is 0 Å². The van der Waals surface area contributed by atoms with E-state index in [9.17, 15) is 18.0 Å². The molecular formula is C18H12Cl2F3NO3. The van der Waals surface area contributed by atoms with Gasteiger partial charge in [-0.1, -0.05) is 41.4 Å². The molecule has 0 aliphatic heterocycles. The van der Waals surface area contributed by atoms with Gasteiger partial charge in [0.25, 0.3) is 0 Å². The highest BCUT2D eigenvalue weighted by Gasteiger charge is 2.31. The van der Waals surface area contributed by atoms with E-state index in [0.29, 0.717) is 27.1 Å². The minimum absolute atomic E-state index is 0.115. The maximum Gasteiger partial charge on any atom is 0.573 e. The molecule has 142 valence electrons. The number of hydrogen-bond donors (Lipinski definition) is 1. The lowest BCUT2D eigenvalue weighted by atomic mass is 10.1. The first-order valence-corrected chi connectivity index (χ1v) is 8.42. The molecule has 0 unspecified atom stereocenters. The molecule has 9 heteroatoms. The Kier molecular flexibility index (Phi) is 5.26. The topological polar surface area (TPSA) is 51.5 Å². The molecule has 3 aromatic rings. The van der Waals surface area contributed by atoms with Gasteiger partial charge in [0, 0.05) is 22.5 Å². The van der Waals surface area contributed by atoms with Gasteiger partial charge in [-0.3, -0.25) is 4.79 Å². The number of aliphatic carboxylic acids is 1. The summed E-state index contributed by atoms with van der Waals surface area (Å²) in [5.74, 6) is -1.40. The zero-order valence-electron chi connectivity index (χ0n) is 13.6. The predicted molar refractivity (Wildman–Crippen MR) is 95.5 cm³/mol. The van der Waals surface area contributed by atoms with Crippen LogP contribution < -0.4 is 4.74 Å². The third-order valence-electron chi connectivity index (χ3n) is 3.86. The first kappa shape index (κ1) is 19.4. The summed E-state index contributed by atoms with van der Waals surface area (Å²) in [6.07, 6.45) is -5.08. The summed E-state index contributed by atoms with van der Waals surface area (Å²) in [7, 11) is 0. The van der Waals surface area contributed by atoms with Crippen molar-refractivity contribution in [1.82, 2.24) is 4.57 Å². The molecule has 0 amide bonds. The highest BCUT2D eigenvalue weighted by atomic mass is 35.5. The Bertz CT molecular complexity index is 1010. The van der Waals surface area contributed by atoms with Crippen LogP contribution in [-0.4, -0.2) is 22.0 Å². The minimum atomic E-state index is -4.79. The number of nitrogens with zero attached hydrogens (tertiary/aromatic N) is 1. The van der Waals surface area contributed by atoms with Crippen LogP contribution in [0, 0.1) is 0 Å². The van der Waals surface area contributed by atoms with Crippen molar-refractivity contribution < 1.29 is 27.8 Å². The van der Waals surface area contributed by atoms with E-state index in [2.05, 4.69) is 4.74 Å². The minimum Gasteiger partial charge on any atom is -0.481 e. The van der Waals surface area contributed by atoms with E-state index >= 15 is 0 Å². The largest absolute Gasteiger partial charge is 0.573 e. The highest BCUT2D eigenvalue weighted by Crippen LogP contribution is 2.33. The van der Waals surface area contributed by atoms with Crippen LogP contribution in [0.25, 0.3) is 10.9 Å². The van der Waals surface area contributed by atoms with Crippen LogP contribution in [-0.2, 0) is 17.8 Å². The maximum atomic E-state index is 12.4. The predicted octanol–water partition coefficient (Wildman–Crippen LogP) is 5.52. The van der Waals surface area contributed by atoms with Crippen LogP contribution in [0.3, 0.4) is 0 Å². The van der Waals surface area contributed by atoms with E-state index in [1.54, 1.807) is 28.8 Å². The van der Waals surface area contributed by atoms with Gasteiger partial charge in [-0.25, -0.2) is 0 Å². The molecule has 1 N–H and O–H groups in total. The van der Waals surface area contributed by atoms with Crippen molar-refractivity contribution in [3.63, 3.8) is 0 Å². The van der Waals surface area contributed by atoms with Gasteiger partial charge in [0.2, 0.25) is 0 Å². The number of aromatic nitrogens is 1. The fourth-order valence-electron chi connectivity index (χ4n) is 2.86. The second-order valence-corrected chi connectivity index (χ2v) is 6.58. The Labute approximate surface area is 161 Å². The Morgan fingerprint density at radius 1 is 1.15 bits per heavy atom. The molecule has 0 bridgehead atoms. The van der Waals surface area contributed by atoms with Gasteiger partial charge in [0.15, 0.2) is 0 Å². The standard InChI is InChI=1S/C18H12Cl2F3NO3/c19-11-4-5-13-14(8-16(25)26)17(20)24(15(13)7-11)9-10-2-1-3-12(6-10)27-18(21,22)23/h1-7H,8-9H2,(H,25,26). The van der Waals surface area contributed by atoms with Gasteiger partial charge in [0.1, 0.15) is 10.9 Å². The number of carbonyl (C=O) groups is 1. The lowest BCUT2D eigenvalue weighted by Gasteiger charge is -2.12. The SMILES string of the molecule is O=C(O)Cc1c(Cl)n(Cc2cccc(OC(F)(F)F)c2)c2cc(Cl)ccc12. The number of carboxylic acids is 1. The first-order valence-electron chi connectivity index (χ1n) is 7.66. The van der Waals surface area contributed by atoms with Crippen LogP contribution in [0.5, 0.6) is 5.75 Å². The average Bonchev–Trinajstić information content (AvgIpc) is 2.78. The van der Waals surface area contributed by atoms with E-state index < -0.39 is 12.3 Å². The summed E-state index contributed by atoms with van der Waals surface area (Å²) < 4.78 is 42.8. The lowest BCUT2D eigenvalue weighted by Crippen LogP contribution is -2.17. The fourth-order valence-corrected chi connectivity index (χ4v) is 3.35. The molecule has 0 atom stereocenters. The van der Waals surface area contributed by atoms with Crippen molar-refractivity contribution in [2.45, 2.75) is 19.3 Å². The smallest absolute Gasteiger partial charge is 0.481 e. The summed E-state index contributed by atoms with van der Waals surface area (Å²) in [4.78, 5) is 11.2. The second kappa shape index (κ2) is 7.32. The number of rotatable bonds is 5. The normalized spacial score (nSPS) is 11.7. The van der Waals surface area contributed by atoms with E-state index in [1.807, 2.05) is 0 Å². The Morgan fingerprint density at radius 2 is 1.89 bits per heavy atom. The highest BCUT2D eigenvalue weighted by molar-refractivity contribution is 6.33. The van der Waals surface area contributed by atoms with Crippen LogP contribution in [0.15, 0.2) is 42.5 Å². The maximum absolute atomic E-state index is 12.4. The Morgan fingerprint density at radius 3 is 2.56 bits per heavy atom. The van der Waals surface area contributed by atoms with Crippen molar-refractivity contribution >= 4 is 40.1 Å². The van der Waals surface area contributed by atoms with Crippen molar-refractivity contribution in [1.29, 1.82) is 0 Å². The van der Waals surface area contributed by atoms with Crippen molar-refractivity contribution in [2.75, 3.05) is 0 Å². The number of halogens is 5. The summed E-state index contributed by atoms with van der Waals surface area (Å²) in [6, 6.07) is 10.4. The van der Waals surface area contributed by atoms with Crippen LogP contribution in [0.4, 0.5) is 13.2 Å².